The van der Waals surface area contributed by atoms with Crippen LogP contribution < -0.4 is 0 Å². The zero-order valence-electron chi connectivity index (χ0n) is 14.9. The first kappa shape index (κ1) is 18.5. The van der Waals surface area contributed by atoms with Gasteiger partial charge in [0.15, 0.2) is 0 Å². The fourth-order valence-corrected chi connectivity index (χ4v) is 3.91. The highest BCUT2D eigenvalue weighted by Crippen LogP contribution is 2.39. The maximum absolute atomic E-state index is 12.5. The molecule has 0 spiro atoms. The molecule has 0 atom stereocenters. The van der Waals surface area contributed by atoms with Gasteiger partial charge in [0.2, 0.25) is 0 Å². The van der Waals surface area contributed by atoms with Crippen LogP contribution in [-0.2, 0) is 19.1 Å². The highest BCUT2D eigenvalue weighted by Gasteiger charge is 2.37. The van der Waals surface area contributed by atoms with Gasteiger partial charge >= 0.3 is 11.9 Å². The lowest BCUT2D eigenvalue weighted by Crippen LogP contribution is -2.33. The molecule has 0 unspecified atom stereocenters. The van der Waals surface area contributed by atoms with E-state index in [1.807, 2.05) is 11.0 Å². The van der Waals surface area contributed by atoms with Crippen LogP contribution in [0.25, 0.3) is 0 Å². The average Bonchev–Trinajstić information content (AvgIpc) is 3.20. The van der Waals surface area contributed by atoms with Crippen molar-refractivity contribution in [3.8, 4) is 0 Å². The van der Waals surface area contributed by atoms with E-state index in [4.69, 9.17) is 21.1 Å². The lowest BCUT2D eigenvalue weighted by molar-refractivity contribution is -0.137. The monoisotopic (exact) mass is 375 g/mol. The van der Waals surface area contributed by atoms with E-state index in [1.54, 1.807) is 30.6 Å². The Balaban J connectivity index is 2.10. The molecule has 0 aromatic heterocycles. The van der Waals surface area contributed by atoms with Crippen LogP contribution in [0.2, 0.25) is 5.02 Å². The first-order chi connectivity index (χ1) is 12.5. The summed E-state index contributed by atoms with van der Waals surface area (Å²) >= 11 is 6.14. The molecular weight excluding hydrogens is 354 g/mol. The van der Waals surface area contributed by atoms with E-state index < -0.39 is 17.9 Å². The molecule has 0 radical (unpaired) electrons. The van der Waals surface area contributed by atoms with E-state index in [2.05, 4.69) is 0 Å². The van der Waals surface area contributed by atoms with Crippen molar-refractivity contribution in [2.24, 2.45) is 0 Å². The molecule has 138 valence electrons. The molecule has 1 aromatic rings. The molecule has 2 aliphatic rings. The minimum absolute atomic E-state index is 0.273. The minimum Gasteiger partial charge on any atom is -0.466 e. The lowest BCUT2D eigenvalue weighted by Gasteiger charge is -2.33. The third-order valence-corrected chi connectivity index (χ3v) is 5.20. The fraction of sp³-hybridized carbons (Fsp3) is 0.400. The average molecular weight is 376 g/mol. The van der Waals surface area contributed by atoms with Gasteiger partial charge in [-0.05, 0) is 30.5 Å². The quantitative estimate of drug-likeness (QED) is 0.749. The van der Waals surface area contributed by atoms with Crippen molar-refractivity contribution in [1.82, 2.24) is 4.90 Å². The normalized spacial score (nSPS) is 18.3. The van der Waals surface area contributed by atoms with Gasteiger partial charge in [-0.1, -0.05) is 36.6 Å². The summed E-state index contributed by atoms with van der Waals surface area (Å²) in [6.07, 6.45) is 7.94. The third-order valence-electron chi connectivity index (χ3n) is 4.97. The van der Waals surface area contributed by atoms with Crippen molar-refractivity contribution in [1.29, 1.82) is 0 Å². The Bertz CT molecular complexity index is 731. The van der Waals surface area contributed by atoms with Gasteiger partial charge in [0.1, 0.15) is 0 Å². The van der Waals surface area contributed by atoms with Gasteiger partial charge in [-0.25, -0.2) is 9.59 Å². The number of rotatable bonds is 4. The predicted molar refractivity (Wildman–Crippen MR) is 98.5 cm³/mol. The second-order valence-electron chi connectivity index (χ2n) is 6.53. The van der Waals surface area contributed by atoms with E-state index in [9.17, 15) is 9.59 Å². The zero-order valence-corrected chi connectivity index (χ0v) is 15.7. The van der Waals surface area contributed by atoms with Gasteiger partial charge < -0.3 is 14.4 Å². The predicted octanol–water partition coefficient (Wildman–Crippen LogP) is 3.80. The fourth-order valence-electron chi connectivity index (χ4n) is 3.71. The van der Waals surface area contributed by atoms with Crippen molar-refractivity contribution in [2.45, 2.75) is 37.6 Å². The van der Waals surface area contributed by atoms with E-state index in [-0.39, 0.29) is 6.04 Å². The molecule has 5 nitrogen and oxygen atoms in total. The molecular formula is C20H22ClNO4. The number of carbonyl (C=O) groups excluding carboxylic acids is 2. The van der Waals surface area contributed by atoms with Crippen LogP contribution in [0.15, 0.2) is 47.8 Å². The molecule has 3 rings (SSSR count). The second kappa shape index (κ2) is 7.96. The first-order valence-corrected chi connectivity index (χ1v) is 9.06. The molecule has 1 aliphatic carbocycles. The van der Waals surface area contributed by atoms with Crippen LogP contribution >= 0.6 is 11.6 Å². The van der Waals surface area contributed by atoms with Crippen LogP contribution in [0.4, 0.5) is 0 Å². The summed E-state index contributed by atoms with van der Waals surface area (Å²) in [5.74, 6) is -1.51. The van der Waals surface area contributed by atoms with Crippen LogP contribution in [-0.4, -0.2) is 37.1 Å². The maximum Gasteiger partial charge on any atom is 0.336 e. The summed E-state index contributed by atoms with van der Waals surface area (Å²) in [7, 11) is 2.68. The molecule has 26 heavy (non-hydrogen) atoms. The number of methoxy groups -OCH3 is 2. The zero-order chi connectivity index (χ0) is 18.7. The molecule has 0 N–H and O–H groups in total. The molecule has 0 bridgehead atoms. The Kier molecular flexibility index (Phi) is 5.67. The highest BCUT2D eigenvalue weighted by atomic mass is 35.5. The summed E-state index contributed by atoms with van der Waals surface area (Å²) in [4.78, 5) is 27.0. The standard InChI is InChI=1S/C20H22ClNO4/c1-25-19(23)16-11-22(15-8-3-4-9-15)12-17(20(24)26-2)18(16)13-6-5-7-14(21)10-13/h5-7,10-12,15,18H,3-4,8-9H2,1-2H3. The van der Waals surface area contributed by atoms with Gasteiger partial charge in [0, 0.05) is 23.5 Å². The number of hydrogen-bond donors (Lipinski definition) is 0. The number of esters is 2. The molecule has 0 amide bonds. The van der Waals surface area contributed by atoms with Gasteiger partial charge in [-0.3, -0.25) is 0 Å². The van der Waals surface area contributed by atoms with Gasteiger partial charge in [0.05, 0.1) is 31.3 Å². The number of benzene rings is 1. The Morgan fingerprint density at radius 3 is 2.12 bits per heavy atom. The largest absolute Gasteiger partial charge is 0.466 e. The number of hydrogen-bond acceptors (Lipinski definition) is 5. The Labute approximate surface area is 158 Å². The summed E-state index contributed by atoms with van der Waals surface area (Å²) in [6.45, 7) is 0. The van der Waals surface area contributed by atoms with Gasteiger partial charge in [0.25, 0.3) is 0 Å². The van der Waals surface area contributed by atoms with Crippen molar-refractivity contribution in [3.63, 3.8) is 0 Å². The van der Waals surface area contributed by atoms with Crippen LogP contribution in [0.3, 0.4) is 0 Å². The molecule has 1 aromatic carbocycles. The molecule has 6 heteroatoms. The maximum atomic E-state index is 12.5. The highest BCUT2D eigenvalue weighted by molar-refractivity contribution is 6.30. The molecule has 1 aliphatic heterocycles. The SMILES string of the molecule is COC(=O)C1=CN(C2CCCC2)C=C(C(=O)OC)C1c1cccc(Cl)c1. The minimum atomic E-state index is -0.578. The van der Waals surface area contributed by atoms with E-state index in [1.165, 1.54) is 14.2 Å². The van der Waals surface area contributed by atoms with Gasteiger partial charge in [-0.2, -0.15) is 0 Å². The summed E-state index contributed by atoms with van der Waals surface area (Å²) in [6, 6.07) is 7.42. The number of carbonyl (C=O) groups is 2. The number of halogens is 1. The topological polar surface area (TPSA) is 55.8 Å². The van der Waals surface area contributed by atoms with Crippen molar-refractivity contribution >= 4 is 23.5 Å². The summed E-state index contributed by atoms with van der Waals surface area (Å²) in [5.41, 5.74) is 1.56. The van der Waals surface area contributed by atoms with Crippen molar-refractivity contribution in [3.05, 3.63) is 58.4 Å². The Morgan fingerprint density at radius 1 is 1.04 bits per heavy atom. The Morgan fingerprint density at radius 2 is 1.62 bits per heavy atom. The van der Waals surface area contributed by atoms with Crippen LogP contribution in [0.1, 0.15) is 37.2 Å². The summed E-state index contributed by atoms with van der Waals surface area (Å²) in [5, 5.41) is 0.536. The smallest absolute Gasteiger partial charge is 0.336 e. The van der Waals surface area contributed by atoms with Crippen LogP contribution in [0.5, 0.6) is 0 Å². The molecule has 1 heterocycles. The number of ether oxygens (including phenoxy) is 2. The first-order valence-electron chi connectivity index (χ1n) is 8.68. The third kappa shape index (κ3) is 3.63. The lowest BCUT2D eigenvalue weighted by atomic mass is 9.83. The summed E-state index contributed by atoms with van der Waals surface area (Å²) < 4.78 is 10.00. The van der Waals surface area contributed by atoms with Gasteiger partial charge in [-0.15, -0.1) is 0 Å². The molecule has 1 fully saturated rings. The van der Waals surface area contributed by atoms with E-state index in [0.29, 0.717) is 16.2 Å². The number of nitrogens with zero attached hydrogens (tertiary/aromatic N) is 1. The van der Waals surface area contributed by atoms with Crippen molar-refractivity contribution < 1.29 is 19.1 Å². The van der Waals surface area contributed by atoms with Crippen molar-refractivity contribution in [2.75, 3.05) is 14.2 Å². The second-order valence-corrected chi connectivity index (χ2v) is 6.96. The van der Waals surface area contributed by atoms with E-state index >= 15 is 0 Å². The van der Waals surface area contributed by atoms with E-state index in [0.717, 1.165) is 31.2 Å². The molecule has 1 saturated carbocycles. The molecule has 0 saturated heterocycles. The van der Waals surface area contributed by atoms with Crippen LogP contribution in [0, 0.1) is 0 Å². The Hall–Kier alpha value is -2.27.